The predicted octanol–water partition coefficient (Wildman–Crippen LogP) is 4.66. The molecule has 7 nitrogen and oxygen atoms in total. The van der Waals surface area contributed by atoms with Gasteiger partial charge in [0.1, 0.15) is 17.3 Å². The Morgan fingerprint density at radius 2 is 1.79 bits per heavy atom. The van der Waals surface area contributed by atoms with Gasteiger partial charge in [0.2, 0.25) is 0 Å². The molecule has 3 heterocycles. The molecule has 12 heteroatoms. The van der Waals surface area contributed by atoms with Gasteiger partial charge < -0.3 is 10.2 Å². The van der Waals surface area contributed by atoms with E-state index in [4.69, 9.17) is 0 Å². The third-order valence-electron chi connectivity index (χ3n) is 4.83. The molecule has 1 aliphatic heterocycles. The number of pyridine rings is 1. The lowest BCUT2D eigenvalue weighted by molar-refractivity contribution is -0.137. The molecule has 2 amide bonds. The van der Waals surface area contributed by atoms with Crippen LogP contribution in [0.15, 0.2) is 48.8 Å². The van der Waals surface area contributed by atoms with E-state index >= 15 is 0 Å². The highest BCUT2D eigenvalue weighted by Gasteiger charge is 2.36. The van der Waals surface area contributed by atoms with E-state index in [9.17, 15) is 27.2 Å². The van der Waals surface area contributed by atoms with Crippen molar-refractivity contribution >= 4 is 36.8 Å². The van der Waals surface area contributed by atoms with E-state index in [0.717, 1.165) is 24.4 Å². The number of benzene rings is 1. The van der Waals surface area contributed by atoms with Gasteiger partial charge in [0, 0.05) is 12.2 Å². The van der Waals surface area contributed by atoms with Crippen LogP contribution in [0.25, 0.3) is 0 Å². The summed E-state index contributed by atoms with van der Waals surface area (Å²) in [6.07, 6.45) is -2.32. The van der Waals surface area contributed by atoms with Crippen molar-refractivity contribution < 1.29 is 27.2 Å². The molecule has 0 spiro atoms. The monoisotopic (exact) mass is 483 g/mol. The molecule has 1 aromatic carbocycles. The molecule has 0 aliphatic carbocycles. The number of nitrogens with one attached hydrogen (secondary N) is 1. The third-order valence-corrected chi connectivity index (χ3v) is 4.83. The quantitative estimate of drug-likeness (QED) is 0.550. The smallest absolute Gasteiger partial charge is 0.306 e. The number of amides is 2. The predicted molar refractivity (Wildman–Crippen MR) is 119 cm³/mol. The lowest BCUT2D eigenvalue weighted by Crippen LogP contribution is -2.43. The lowest BCUT2D eigenvalue weighted by Gasteiger charge is -2.32. The van der Waals surface area contributed by atoms with E-state index in [2.05, 4.69) is 15.4 Å². The molecule has 1 aliphatic rings. The molecular weight excluding hydrogens is 462 g/mol. The van der Waals surface area contributed by atoms with E-state index in [1.54, 1.807) is 6.92 Å². The maximum atomic E-state index is 13.1. The largest absolute Gasteiger partial charge is 0.416 e. The summed E-state index contributed by atoms with van der Waals surface area (Å²) in [5.74, 6) is -1.73. The van der Waals surface area contributed by atoms with Gasteiger partial charge in [0.05, 0.1) is 29.6 Å². The van der Waals surface area contributed by atoms with Crippen LogP contribution in [0.2, 0.25) is 0 Å². The number of hydrogen-bond donors (Lipinski definition) is 1. The summed E-state index contributed by atoms with van der Waals surface area (Å²) in [5.41, 5.74) is -0.590. The summed E-state index contributed by atoms with van der Waals surface area (Å²) < 4.78 is 52.9. The fraction of sp³-hybridized carbons (Fsp3) is 0.238. The molecule has 1 N–H and O–H groups in total. The van der Waals surface area contributed by atoms with Gasteiger partial charge >= 0.3 is 6.18 Å². The van der Waals surface area contributed by atoms with Crippen molar-refractivity contribution in [3.63, 3.8) is 0 Å². The summed E-state index contributed by atoms with van der Waals surface area (Å²) >= 11 is 0. The second-order valence-corrected chi connectivity index (χ2v) is 6.98. The second-order valence-electron chi connectivity index (χ2n) is 6.98. The Labute approximate surface area is 193 Å². The van der Waals surface area contributed by atoms with Gasteiger partial charge in [-0.2, -0.15) is 31.8 Å². The standard InChI is InChI=1S/C20H15F4N5O2.CH4.H2S/c1-11-10-28(14-5-2-12(3-6-14)20(22,23)24)19(31)17-15(9-26-29(11)17)18(30)27-16-7-4-13(21)8-25-16;;/h2-9,11H,10H2,1H3,(H,25,27,30);1H4;1H2/t11-;;/m0../s1. The van der Waals surface area contributed by atoms with E-state index in [1.165, 1.54) is 34.0 Å². The Morgan fingerprint density at radius 3 is 2.36 bits per heavy atom. The van der Waals surface area contributed by atoms with E-state index < -0.39 is 29.4 Å². The first kappa shape index (κ1) is 25.8. The van der Waals surface area contributed by atoms with Crippen LogP contribution in [0, 0.1) is 5.82 Å². The SMILES string of the molecule is C.C[C@H]1CN(c2ccc(C(F)(F)F)cc2)C(=O)c2c(C(=O)Nc3ccc(F)cn3)cnn21.S. The maximum Gasteiger partial charge on any atom is 0.416 e. The van der Waals surface area contributed by atoms with Crippen LogP contribution in [0.1, 0.15) is 46.8 Å². The van der Waals surface area contributed by atoms with Crippen LogP contribution in [0.5, 0.6) is 0 Å². The number of alkyl halides is 3. The molecule has 0 unspecified atom stereocenters. The van der Waals surface area contributed by atoms with Crippen LogP contribution in [0.3, 0.4) is 0 Å². The van der Waals surface area contributed by atoms with Gasteiger partial charge in [-0.25, -0.2) is 9.37 Å². The summed E-state index contributed by atoms with van der Waals surface area (Å²) in [5, 5.41) is 6.59. The molecule has 1 atom stereocenters. The minimum absolute atomic E-state index is 0. The Balaban J connectivity index is 0.00000193. The summed E-state index contributed by atoms with van der Waals surface area (Å²) in [6.45, 7) is 1.93. The van der Waals surface area contributed by atoms with Crippen molar-refractivity contribution in [2.24, 2.45) is 0 Å². The number of nitrogens with zero attached hydrogens (tertiary/aromatic N) is 4. The van der Waals surface area contributed by atoms with Crippen LogP contribution < -0.4 is 10.2 Å². The molecule has 0 fully saturated rings. The fourth-order valence-corrected chi connectivity index (χ4v) is 3.31. The maximum absolute atomic E-state index is 13.1. The number of hydrogen-bond acceptors (Lipinski definition) is 4. The number of carbonyl (C=O) groups excluding carboxylic acids is 2. The van der Waals surface area contributed by atoms with Gasteiger partial charge in [0.15, 0.2) is 0 Å². The van der Waals surface area contributed by atoms with Crippen molar-refractivity contribution in [2.45, 2.75) is 26.6 Å². The minimum Gasteiger partial charge on any atom is -0.306 e. The Kier molecular flexibility index (Phi) is 7.53. The molecule has 0 saturated carbocycles. The number of anilines is 2. The highest BCUT2D eigenvalue weighted by molar-refractivity contribution is 7.59. The normalized spacial score (nSPS) is 15.2. The summed E-state index contributed by atoms with van der Waals surface area (Å²) in [6, 6.07) is 6.27. The molecule has 3 aromatic rings. The van der Waals surface area contributed by atoms with Gasteiger partial charge in [-0.05, 0) is 43.3 Å². The first-order valence-corrected chi connectivity index (χ1v) is 9.14. The number of fused-ring (bicyclic) bond motifs is 1. The first-order chi connectivity index (χ1) is 14.6. The fourth-order valence-electron chi connectivity index (χ4n) is 3.31. The Hall–Kier alpha value is -3.41. The van der Waals surface area contributed by atoms with E-state index in [-0.39, 0.29) is 56.3 Å². The first-order valence-electron chi connectivity index (χ1n) is 9.14. The Morgan fingerprint density at radius 1 is 1.12 bits per heavy atom. The molecule has 0 radical (unpaired) electrons. The van der Waals surface area contributed by atoms with Gasteiger partial charge in [-0.15, -0.1) is 0 Å². The Bertz CT molecular complexity index is 1150. The third kappa shape index (κ3) is 5.00. The van der Waals surface area contributed by atoms with Gasteiger partial charge in [0.25, 0.3) is 11.8 Å². The minimum atomic E-state index is -4.49. The van der Waals surface area contributed by atoms with Crippen molar-refractivity contribution in [3.8, 4) is 0 Å². The lowest BCUT2D eigenvalue weighted by atomic mass is 10.1. The van der Waals surface area contributed by atoms with Gasteiger partial charge in [-0.1, -0.05) is 7.43 Å². The van der Waals surface area contributed by atoms with E-state index in [0.29, 0.717) is 0 Å². The van der Waals surface area contributed by atoms with Crippen LogP contribution >= 0.6 is 13.5 Å². The molecule has 33 heavy (non-hydrogen) atoms. The molecule has 0 bridgehead atoms. The zero-order chi connectivity index (χ0) is 22.3. The van der Waals surface area contributed by atoms with Crippen LogP contribution in [0.4, 0.5) is 29.1 Å². The molecule has 0 saturated heterocycles. The van der Waals surface area contributed by atoms with Crippen LogP contribution in [-0.4, -0.2) is 33.1 Å². The zero-order valence-electron chi connectivity index (χ0n) is 16.5. The zero-order valence-corrected chi connectivity index (χ0v) is 17.5. The van der Waals surface area contributed by atoms with Crippen molar-refractivity contribution in [3.05, 3.63) is 71.4 Å². The van der Waals surface area contributed by atoms with Crippen molar-refractivity contribution in [2.75, 3.05) is 16.8 Å². The topological polar surface area (TPSA) is 80.1 Å². The molecule has 176 valence electrons. The highest BCUT2D eigenvalue weighted by atomic mass is 32.1. The average Bonchev–Trinajstić information content (AvgIpc) is 3.18. The molecular formula is C21H21F4N5O2S. The summed E-state index contributed by atoms with van der Waals surface area (Å²) in [4.78, 5) is 30.9. The molecule has 4 rings (SSSR count). The summed E-state index contributed by atoms with van der Waals surface area (Å²) in [7, 11) is 0. The van der Waals surface area contributed by atoms with Crippen molar-refractivity contribution in [1.29, 1.82) is 0 Å². The number of rotatable bonds is 3. The van der Waals surface area contributed by atoms with Gasteiger partial charge in [-0.3, -0.25) is 14.3 Å². The number of carbonyl (C=O) groups is 2. The number of halogens is 4. The molecule has 2 aromatic heterocycles. The average molecular weight is 483 g/mol. The van der Waals surface area contributed by atoms with Crippen LogP contribution in [-0.2, 0) is 6.18 Å². The number of aromatic nitrogens is 3. The van der Waals surface area contributed by atoms with Crippen molar-refractivity contribution in [1.82, 2.24) is 14.8 Å². The van der Waals surface area contributed by atoms with E-state index in [1.807, 2.05) is 0 Å². The second kappa shape index (κ2) is 9.61. The highest BCUT2D eigenvalue weighted by Crippen LogP contribution is 2.32.